The van der Waals surface area contributed by atoms with Gasteiger partial charge in [-0.15, -0.1) is 0 Å². The first-order chi connectivity index (χ1) is 27.8. The zero-order valence-electron chi connectivity index (χ0n) is 31.5. The molecule has 0 saturated heterocycles. The Morgan fingerprint density at radius 1 is 0.411 bits per heavy atom. The average Bonchev–Trinajstić information content (AvgIpc) is 3.84. The predicted molar refractivity (Wildman–Crippen MR) is 232 cm³/mol. The summed E-state index contributed by atoms with van der Waals surface area (Å²) < 4.78 is 14.4. The molecule has 0 spiro atoms. The molecule has 0 amide bonds. The largest absolute Gasteiger partial charge is 0.455 e. The summed E-state index contributed by atoms with van der Waals surface area (Å²) in [5, 5.41) is 9.33. The second-order valence-corrected chi connectivity index (χ2v) is 16.5. The van der Waals surface area contributed by atoms with E-state index in [1.807, 2.05) is 6.20 Å². The third kappa shape index (κ3) is 4.91. The first kappa shape index (κ1) is 32.3. The van der Waals surface area contributed by atoms with Crippen molar-refractivity contribution in [3.8, 4) is 22.4 Å². The Morgan fingerprint density at radius 3 is 1.50 bits per heavy atom. The summed E-state index contributed by atoms with van der Waals surface area (Å²) in [6.07, 6.45) is 14.6. The molecular weight excluding hydrogens is 685 g/mol. The molecule has 12 rings (SSSR count). The van der Waals surface area contributed by atoms with Gasteiger partial charge in [-0.25, -0.2) is 4.98 Å². The standard InChI is InChI=1S/C52H42N2O2/c1-3-14-31(15-4-1)35-24-12-26-41-43-29-44-42-27-13-25-36(32-16-5-2-6-17-32)50(42)56-52(44)46(51(43)55-49(35)41)34-19-11-18-33(28-34)45-30-53-47-39-22-9-7-20-37(39)38-21-8-10-23-40(38)48(47)54-45/h7-13,18-32H,1-6,14-17H2. The van der Waals surface area contributed by atoms with Crippen LogP contribution in [0.15, 0.2) is 130 Å². The van der Waals surface area contributed by atoms with E-state index in [0.29, 0.717) is 11.8 Å². The molecule has 4 heteroatoms. The topological polar surface area (TPSA) is 52.1 Å². The van der Waals surface area contributed by atoms with Crippen molar-refractivity contribution in [3.05, 3.63) is 133 Å². The Labute approximate surface area is 325 Å². The molecular formula is C52H42N2O2. The van der Waals surface area contributed by atoms with Gasteiger partial charge in [-0.05, 0) is 77.1 Å². The fourth-order valence-corrected chi connectivity index (χ4v) is 10.6. The number of furan rings is 2. The molecule has 2 aliphatic rings. The molecule has 0 bridgehead atoms. The molecule has 3 aromatic heterocycles. The van der Waals surface area contributed by atoms with Crippen LogP contribution < -0.4 is 0 Å². The van der Waals surface area contributed by atoms with E-state index in [9.17, 15) is 0 Å². The molecule has 0 atom stereocenters. The highest BCUT2D eigenvalue weighted by Crippen LogP contribution is 2.49. The minimum Gasteiger partial charge on any atom is -0.455 e. The van der Waals surface area contributed by atoms with E-state index in [4.69, 9.17) is 18.8 Å². The second-order valence-electron chi connectivity index (χ2n) is 16.5. The SMILES string of the molecule is c1cc(-c2cnc3c4ccccc4c4ccccc4c3n2)cc(-c2c3oc4c(C5CCCCC5)cccc4c3cc3c2oc2c(C4CCCCC4)cccc23)c1. The molecule has 2 fully saturated rings. The number of para-hydroxylation sites is 2. The lowest BCUT2D eigenvalue weighted by Crippen LogP contribution is -2.04. The molecule has 0 aliphatic heterocycles. The van der Waals surface area contributed by atoms with Gasteiger partial charge in [-0.2, -0.15) is 0 Å². The van der Waals surface area contributed by atoms with Gasteiger partial charge in [0.1, 0.15) is 22.3 Å². The number of benzene rings is 7. The van der Waals surface area contributed by atoms with E-state index >= 15 is 0 Å². The lowest BCUT2D eigenvalue weighted by molar-refractivity contribution is 0.442. The zero-order valence-corrected chi connectivity index (χ0v) is 31.5. The number of nitrogens with zero attached hydrogens (tertiary/aromatic N) is 2. The Kier molecular flexibility index (Phi) is 7.36. The molecule has 0 N–H and O–H groups in total. The molecule has 272 valence electrons. The van der Waals surface area contributed by atoms with Gasteiger partial charge in [0.05, 0.1) is 28.5 Å². The van der Waals surface area contributed by atoms with Gasteiger partial charge in [-0.1, -0.05) is 142 Å². The van der Waals surface area contributed by atoms with Crippen LogP contribution >= 0.6 is 0 Å². The summed E-state index contributed by atoms with van der Waals surface area (Å²) in [4.78, 5) is 10.5. The van der Waals surface area contributed by atoms with Crippen molar-refractivity contribution in [2.24, 2.45) is 0 Å². The Balaban J connectivity index is 1.11. The van der Waals surface area contributed by atoms with Crippen LogP contribution in [-0.2, 0) is 0 Å². The van der Waals surface area contributed by atoms with Crippen LogP contribution in [0.1, 0.15) is 87.2 Å². The first-order valence-electron chi connectivity index (χ1n) is 20.8. The van der Waals surface area contributed by atoms with Gasteiger partial charge < -0.3 is 8.83 Å². The van der Waals surface area contributed by atoms with Gasteiger partial charge in [0.25, 0.3) is 0 Å². The molecule has 7 aromatic carbocycles. The highest BCUT2D eigenvalue weighted by atomic mass is 16.3. The van der Waals surface area contributed by atoms with Crippen LogP contribution in [0, 0.1) is 0 Å². The summed E-state index contributed by atoms with van der Waals surface area (Å²) >= 11 is 0. The van der Waals surface area contributed by atoms with E-state index in [2.05, 4.69) is 115 Å². The molecule has 56 heavy (non-hydrogen) atoms. The second kappa shape index (κ2) is 12.8. The summed E-state index contributed by atoms with van der Waals surface area (Å²) in [6, 6.07) is 41.8. The van der Waals surface area contributed by atoms with Gasteiger partial charge in [0.15, 0.2) is 0 Å². The maximum atomic E-state index is 7.18. The molecule has 0 unspecified atom stereocenters. The minimum absolute atomic E-state index is 0.529. The number of fused-ring (bicyclic) bond motifs is 12. The minimum atomic E-state index is 0.529. The molecule has 3 heterocycles. The Hall–Kier alpha value is -6.00. The van der Waals surface area contributed by atoms with Crippen LogP contribution in [0.2, 0.25) is 0 Å². The highest BCUT2D eigenvalue weighted by molar-refractivity contribution is 6.24. The van der Waals surface area contributed by atoms with Crippen LogP contribution in [0.4, 0.5) is 0 Å². The van der Waals surface area contributed by atoms with Crippen molar-refractivity contribution in [1.82, 2.24) is 9.97 Å². The van der Waals surface area contributed by atoms with E-state index in [1.54, 1.807) is 0 Å². The van der Waals surface area contributed by atoms with Gasteiger partial charge in [0.2, 0.25) is 0 Å². The molecule has 2 saturated carbocycles. The quantitative estimate of drug-likeness (QED) is 0.169. The highest BCUT2D eigenvalue weighted by Gasteiger charge is 2.27. The van der Waals surface area contributed by atoms with Gasteiger partial charge in [0, 0.05) is 37.9 Å². The molecule has 0 radical (unpaired) electrons. The number of aromatic nitrogens is 2. The first-order valence-corrected chi connectivity index (χ1v) is 20.8. The Morgan fingerprint density at radius 2 is 0.911 bits per heavy atom. The van der Waals surface area contributed by atoms with Crippen molar-refractivity contribution in [3.63, 3.8) is 0 Å². The summed E-state index contributed by atoms with van der Waals surface area (Å²) in [6.45, 7) is 0. The van der Waals surface area contributed by atoms with Crippen LogP contribution in [0.3, 0.4) is 0 Å². The smallest absolute Gasteiger partial charge is 0.147 e. The summed E-state index contributed by atoms with van der Waals surface area (Å²) in [5.74, 6) is 1.06. The normalized spacial score (nSPS) is 16.1. The third-order valence-electron chi connectivity index (χ3n) is 13.3. The molecule has 10 aromatic rings. The summed E-state index contributed by atoms with van der Waals surface area (Å²) in [5.41, 5.74) is 12.3. The van der Waals surface area contributed by atoms with Crippen molar-refractivity contribution < 1.29 is 8.83 Å². The lowest BCUT2D eigenvalue weighted by atomic mass is 9.83. The zero-order chi connectivity index (χ0) is 36.7. The van der Waals surface area contributed by atoms with Crippen molar-refractivity contribution in [2.75, 3.05) is 0 Å². The maximum absolute atomic E-state index is 7.18. The van der Waals surface area contributed by atoms with E-state index in [1.165, 1.54) is 96.9 Å². The van der Waals surface area contributed by atoms with E-state index in [-0.39, 0.29) is 0 Å². The number of rotatable bonds is 4. The fourth-order valence-electron chi connectivity index (χ4n) is 10.6. The van der Waals surface area contributed by atoms with Crippen LogP contribution in [-0.4, -0.2) is 9.97 Å². The van der Waals surface area contributed by atoms with Gasteiger partial charge in [-0.3, -0.25) is 4.98 Å². The third-order valence-corrected chi connectivity index (χ3v) is 13.3. The van der Waals surface area contributed by atoms with E-state index in [0.717, 1.165) is 77.3 Å². The average molecular weight is 727 g/mol. The summed E-state index contributed by atoms with van der Waals surface area (Å²) in [7, 11) is 0. The van der Waals surface area contributed by atoms with Crippen LogP contribution in [0.5, 0.6) is 0 Å². The van der Waals surface area contributed by atoms with Crippen molar-refractivity contribution >= 4 is 76.5 Å². The van der Waals surface area contributed by atoms with Crippen molar-refractivity contribution in [2.45, 2.75) is 76.0 Å². The monoisotopic (exact) mass is 726 g/mol. The fraction of sp³-hybridized carbons (Fsp3) is 0.231. The molecule has 2 aliphatic carbocycles. The van der Waals surface area contributed by atoms with E-state index < -0.39 is 0 Å². The molecule has 4 nitrogen and oxygen atoms in total. The lowest BCUT2D eigenvalue weighted by Gasteiger charge is -2.21. The predicted octanol–water partition coefficient (Wildman–Crippen LogP) is 15.2. The Bertz CT molecular complexity index is 3030. The van der Waals surface area contributed by atoms with Gasteiger partial charge >= 0.3 is 0 Å². The number of hydrogen-bond donors (Lipinski definition) is 0. The van der Waals surface area contributed by atoms with Crippen LogP contribution in [0.25, 0.3) is 98.8 Å². The van der Waals surface area contributed by atoms with Crippen molar-refractivity contribution in [1.29, 1.82) is 0 Å². The number of hydrogen-bond acceptors (Lipinski definition) is 4. The maximum Gasteiger partial charge on any atom is 0.147 e.